The molecule has 1 heterocycles. The van der Waals surface area contributed by atoms with Crippen LogP contribution < -0.4 is 5.32 Å². The van der Waals surface area contributed by atoms with Crippen LogP contribution in [0.15, 0.2) is 5.38 Å². The van der Waals surface area contributed by atoms with E-state index in [2.05, 4.69) is 36.5 Å². The van der Waals surface area contributed by atoms with Crippen molar-refractivity contribution in [1.82, 2.24) is 10.3 Å². The molecule has 1 aromatic rings. The van der Waals surface area contributed by atoms with Gasteiger partial charge in [-0.1, -0.05) is 20.8 Å². The minimum atomic E-state index is 0.120. The molecule has 4 heteroatoms. The monoisotopic (exact) mass is 256 g/mol. The number of likely N-dealkylation sites (N-methyl/N-ethyl adjacent to an activating group) is 1. The lowest BCUT2D eigenvalue weighted by molar-refractivity contribution is -0.00922. The Morgan fingerprint density at radius 3 is 2.47 bits per heavy atom. The molecule has 3 nitrogen and oxygen atoms in total. The molecule has 0 aliphatic heterocycles. The van der Waals surface area contributed by atoms with Crippen LogP contribution in [0.2, 0.25) is 0 Å². The second kappa shape index (κ2) is 5.94. The summed E-state index contributed by atoms with van der Waals surface area (Å²) in [7, 11) is 3.77. The fraction of sp³-hybridized carbons (Fsp3) is 0.769. The highest BCUT2D eigenvalue weighted by Gasteiger charge is 2.32. The number of hydrogen-bond donors (Lipinski definition) is 1. The average Bonchev–Trinajstić information content (AvgIpc) is 2.61. The summed E-state index contributed by atoms with van der Waals surface area (Å²) in [5.74, 6) is 0. The van der Waals surface area contributed by atoms with E-state index in [4.69, 9.17) is 4.74 Å². The topological polar surface area (TPSA) is 34.2 Å². The van der Waals surface area contributed by atoms with Crippen LogP contribution in [-0.2, 0) is 11.2 Å². The molecule has 1 rings (SSSR count). The molecule has 2 atom stereocenters. The van der Waals surface area contributed by atoms with E-state index in [1.807, 2.05) is 14.0 Å². The van der Waals surface area contributed by atoms with Gasteiger partial charge in [-0.05, 0) is 19.4 Å². The van der Waals surface area contributed by atoms with E-state index in [-0.39, 0.29) is 11.5 Å². The third kappa shape index (κ3) is 4.05. The summed E-state index contributed by atoms with van der Waals surface area (Å²) in [5, 5.41) is 6.63. The summed E-state index contributed by atoms with van der Waals surface area (Å²) in [6, 6.07) is 0.297. The minimum absolute atomic E-state index is 0.120. The largest absolute Gasteiger partial charge is 0.379 e. The Bertz CT molecular complexity index is 343. The Balaban J connectivity index is 2.76. The Morgan fingerprint density at radius 1 is 1.47 bits per heavy atom. The number of ether oxygens (including phenoxy) is 1. The maximum atomic E-state index is 5.66. The Hall–Kier alpha value is -0.450. The van der Waals surface area contributed by atoms with Gasteiger partial charge >= 0.3 is 0 Å². The number of thiazole rings is 1. The first-order valence-corrected chi connectivity index (χ1v) is 6.87. The van der Waals surface area contributed by atoms with E-state index < -0.39 is 0 Å². The third-order valence-corrected chi connectivity index (χ3v) is 3.89. The van der Waals surface area contributed by atoms with Crippen LogP contribution >= 0.6 is 11.3 Å². The maximum Gasteiger partial charge on any atom is 0.0944 e. The van der Waals surface area contributed by atoms with Crippen molar-refractivity contribution < 1.29 is 4.74 Å². The van der Waals surface area contributed by atoms with Gasteiger partial charge in [0.2, 0.25) is 0 Å². The predicted octanol–water partition coefficient (Wildman–Crippen LogP) is 2.64. The van der Waals surface area contributed by atoms with Crippen molar-refractivity contribution in [3.63, 3.8) is 0 Å². The van der Waals surface area contributed by atoms with Crippen LogP contribution in [0.25, 0.3) is 0 Å². The number of aryl methyl sites for hydroxylation is 1. The van der Waals surface area contributed by atoms with Crippen LogP contribution in [-0.4, -0.2) is 31.3 Å². The van der Waals surface area contributed by atoms with Crippen LogP contribution in [0, 0.1) is 12.3 Å². The summed E-state index contributed by atoms with van der Waals surface area (Å²) in [5.41, 5.74) is 1.22. The second-order valence-electron chi connectivity index (χ2n) is 5.50. The van der Waals surface area contributed by atoms with Crippen molar-refractivity contribution >= 4 is 11.3 Å². The molecule has 0 saturated carbocycles. The zero-order chi connectivity index (χ0) is 13.1. The van der Waals surface area contributed by atoms with Crippen molar-refractivity contribution in [2.24, 2.45) is 5.41 Å². The average molecular weight is 256 g/mol. The van der Waals surface area contributed by atoms with E-state index in [0.717, 1.165) is 12.1 Å². The number of methoxy groups -OCH3 is 1. The van der Waals surface area contributed by atoms with Crippen molar-refractivity contribution in [1.29, 1.82) is 0 Å². The van der Waals surface area contributed by atoms with Gasteiger partial charge in [-0.2, -0.15) is 0 Å². The molecule has 0 aliphatic rings. The molecular formula is C13H24N2OS. The second-order valence-corrected chi connectivity index (χ2v) is 6.45. The van der Waals surface area contributed by atoms with Crippen LogP contribution in [0.1, 0.15) is 31.5 Å². The van der Waals surface area contributed by atoms with Gasteiger partial charge in [0.15, 0.2) is 0 Å². The van der Waals surface area contributed by atoms with E-state index in [1.54, 1.807) is 18.4 Å². The molecule has 98 valence electrons. The quantitative estimate of drug-likeness (QED) is 0.879. The molecule has 0 aromatic carbocycles. The van der Waals surface area contributed by atoms with Gasteiger partial charge in [-0.15, -0.1) is 11.3 Å². The van der Waals surface area contributed by atoms with Gasteiger partial charge in [-0.3, -0.25) is 0 Å². The van der Waals surface area contributed by atoms with Gasteiger partial charge in [0.05, 0.1) is 11.1 Å². The Morgan fingerprint density at radius 2 is 2.12 bits per heavy atom. The first-order chi connectivity index (χ1) is 7.88. The van der Waals surface area contributed by atoms with Crippen molar-refractivity contribution in [2.45, 2.75) is 46.3 Å². The highest BCUT2D eigenvalue weighted by molar-refractivity contribution is 7.09. The minimum Gasteiger partial charge on any atom is -0.379 e. The van der Waals surface area contributed by atoms with Gasteiger partial charge < -0.3 is 10.1 Å². The maximum absolute atomic E-state index is 5.66. The molecule has 0 bridgehead atoms. The van der Waals surface area contributed by atoms with Gasteiger partial charge in [0.1, 0.15) is 0 Å². The Kier molecular flexibility index (Phi) is 5.10. The van der Waals surface area contributed by atoms with E-state index in [9.17, 15) is 0 Å². The highest BCUT2D eigenvalue weighted by atomic mass is 32.1. The number of rotatable bonds is 5. The smallest absolute Gasteiger partial charge is 0.0944 e. The van der Waals surface area contributed by atoms with Crippen LogP contribution in [0.4, 0.5) is 0 Å². The van der Waals surface area contributed by atoms with Gasteiger partial charge in [0.25, 0.3) is 0 Å². The molecule has 1 aromatic heterocycles. The molecule has 2 unspecified atom stereocenters. The SMILES string of the molecule is CNC(Cc1nc(C)cs1)C(OC)C(C)(C)C. The van der Waals surface area contributed by atoms with Crippen molar-refractivity contribution in [3.8, 4) is 0 Å². The highest BCUT2D eigenvalue weighted by Crippen LogP contribution is 2.26. The van der Waals surface area contributed by atoms with Crippen molar-refractivity contribution in [2.75, 3.05) is 14.2 Å². The first kappa shape index (κ1) is 14.6. The zero-order valence-corrected chi connectivity index (χ0v) is 12.5. The summed E-state index contributed by atoms with van der Waals surface area (Å²) in [6.07, 6.45) is 1.10. The van der Waals surface area contributed by atoms with E-state index >= 15 is 0 Å². The normalized spacial score (nSPS) is 15.9. The summed E-state index contributed by atoms with van der Waals surface area (Å²) in [6.45, 7) is 8.65. The molecule has 0 saturated heterocycles. The molecule has 1 N–H and O–H groups in total. The zero-order valence-electron chi connectivity index (χ0n) is 11.7. The van der Waals surface area contributed by atoms with Crippen LogP contribution in [0.3, 0.4) is 0 Å². The summed E-state index contributed by atoms with van der Waals surface area (Å²) < 4.78 is 5.66. The lowest BCUT2D eigenvalue weighted by Crippen LogP contribution is -2.47. The first-order valence-electron chi connectivity index (χ1n) is 5.99. The molecular weight excluding hydrogens is 232 g/mol. The van der Waals surface area contributed by atoms with Crippen molar-refractivity contribution in [3.05, 3.63) is 16.1 Å². The molecule has 0 aliphatic carbocycles. The van der Waals surface area contributed by atoms with Gasteiger partial charge in [0, 0.05) is 30.6 Å². The van der Waals surface area contributed by atoms with Gasteiger partial charge in [-0.25, -0.2) is 4.98 Å². The molecule has 0 spiro atoms. The fourth-order valence-corrected chi connectivity index (χ4v) is 3.00. The molecule has 17 heavy (non-hydrogen) atoms. The van der Waals surface area contributed by atoms with Crippen LogP contribution in [0.5, 0.6) is 0 Å². The predicted molar refractivity (Wildman–Crippen MR) is 73.7 cm³/mol. The lowest BCUT2D eigenvalue weighted by atomic mass is 9.83. The fourth-order valence-electron chi connectivity index (χ4n) is 2.17. The molecule has 0 amide bonds. The standard InChI is InChI=1S/C13H24N2OS/c1-9-8-17-11(15-9)7-10(14-5)12(16-6)13(2,3)4/h8,10,12,14H,7H2,1-6H3. The molecule has 0 fully saturated rings. The number of nitrogens with one attached hydrogen (secondary N) is 1. The lowest BCUT2D eigenvalue weighted by Gasteiger charge is -2.35. The molecule has 0 radical (unpaired) electrons. The third-order valence-electron chi connectivity index (χ3n) is 2.90. The van der Waals surface area contributed by atoms with E-state index in [1.165, 1.54) is 5.01 Å². The number of hydrogen-bond acceptors (Lipinski definition) is 4. The number of aromatic nitrogens is 1. The summed E-state index contributed by atoms with van der Waals surface area (Å²) >= 11 is 1.73. The van der Waals surface area contributed by atoms with E-state index in [0.29, 0.717) is 6.04 Å². The number of nitrogens with zero attached hydrogens (tertiary/aromatic N) is 1. The summed E-state index contributed by atoms with van der Waals surface area (Å²) in [4.78, 5) is 4.52. The Labute approximate surface area is 109 Å².